The van der Waals surface area contributed by atoms with Crippen LogP contribution in [-0.4, -0.2) is 31.8 Å². The van der Waals surface area contributed by atoms with Crippen molar-refractivity contribution in [2.75, 3.05) is 7.11 Å². The standard InChI is InChI=1S/C22H13F4N5O2/c1-32-15-8-4-12(5-9-15)17-10-18(22(24,25)26)31-20(28-17)16(11-27-31)21-29-19(30-33-21)13-2-6-14(23)7-3-13/h2-11H,1H3. The zero-order valence-corrected chi connectivity index (χ0v) is 16.8. The molecule has 0 spiro atoms. The van der Waals surface area contributed by atoms with Crippen LogP contribution in [0.15, 0.2) is 65.3 Å². The lowest BCUT2D eigenvalue weighted by Crippen LogP contribution is -2.13. The lowest BCUT2D eigenvalue weighted by Gasteiger charge is -2.11. The summed E-state index contributed by atoms with van der Waals surface area (Å²) < 4.78 is 65.7. The molecule has 0 fully saturated rings. The summed E-state index contributed by atoms with van der Waals surface area (Å²) in [5.41, 5.74) is 0.0150. The highest BCUT2D eigenvalue weighted by atomic mass is 19.4. The minimum atomic E-state index is -4.69. The largest absolute Gasteiger partial charge is 0.497 e. The van der Waals surface area contributed by atoms with Crippen molar-refractivity contribution in [3.8, 4) is 39.8 Å². The summed E-state index contributed by atoms with van der Waals surface area (Å²) in [4.78, 5) is 8.62. The van der Waals surface area contributed by atoms with Gasteiger partial charge in [-0.2, -0.15) is 23.3 Å². The topological polar surface area (TPSA) is 78.3 Å². The SMILES string of the molecule is COc1ccc(-c2cc(C(F)(F)F)n3ncc(-c4nc(-c5ccc(F)cc5)no4)c3n2)cc1. The van der Waals surface area contributed by atoms with E-state index in [0.29, 0.717) is 21.4 Å². The van der Waals surface area contributed by atoms with Crippen molar-refractivity contribution in [2.45, 2.75) is 6.18 Å². The molecular formula is C22H13F4N5O2. The zero-order chi connectivity index (χ0) is 23.2. The van der Waals surface area contributed by atoms with E-state index in [1.54, 1.807) is 24.3 Å². The van der Waals surface area contributed by atoms with Gasteiger partial charge in [-0.25, -0.2) is 13.9 Å². The highest BCUT2D eigenvalue weighted by molar-refractivity contribution is 5.75. The van der Waals surface area contributed by atoms with Crippen LogP contribution in [0.2, 0.25) is 0 Å². The van der Waals surface area contributed by atoms with Gasteiger partial charge < -0.3 is 9.26 Å². The molecule has 0 bridgehead atoms. The summed E-state index contributed by atoms with van der Waals surface area (Å²) in [6.07, 6.45) is -3.52. The molecule has 0 aliphatic heterocycles. The van der Waals surface area contributed by atoms with E-state index in [9.17, 15) is 17.6 Å². The average molecular weight is 455 g/mol. The first-order chi connectivity index (χ1) is 15.8. The zero-order valence-electron chi connectivity index (χ0n) is 16.8. The second-order valence-corrected chi connectivity index (χ2v) is 6.98. The highest BCUT2D eigenvalue weighted by Gasteiger charge is 2.36. The number of benzene rings is 2. The van der Waals surface area contributed by atoms with Gasteiger partial charge in [0.15, 0.2) is 11.3 Å². The van der Waals surface area contributed by atoms with E-state index in [0.717, 1.165) is 6.07 Å². The summed E-state index contributed by atoms with van der Waals surface area (Å²) in [7, 11) is 1.49. The van der Waals surface area contributed by atoms with E-state index < -0.39 is 17.7 Å². The average Bonchev–Trinajstić information content (AvgIpc) is 3.45. The molecule has 0 amide bonds. The molecule has 166 valence electrons. The summed E-state index contributed by atoms with van der Waals surface area (Å²) in [5, 5.41) is 7.69. The van der Waals surface area contributed by atoms with E-state index in [1.165, 1.54) is 37.6 Å². The molecule has 33 heavy (non-hydrogen) atoms. The molecule has 0 saturated carbocycles. The highest BCUT2D eigenvalue weighted by Crippen LogP contribution is 2.35. The Labute approximate surface area is 183 Å². The molecule has 0 saturated heterocycles. The Morgan fingerprint density at radius 3 is 2.30 bits per heavy atom. The van der Waals surface area contributed by atoms with Crippen LogP contribution in [0.1, 0.15) is 5.69 Å². The molecule has 0 aliphatic carbocycles. The quantitative estimate of drug-likeness (QED) is 0.343. The van der Waals surface area contributed by atoms with Gasteiger partial charge in [-0.1, -0.05) is 5.16 Å². The molecule has 0 radical (unpaired) electrons. The molecule has 3 heterocycles. The maximum Gasteiger partial charge on any atom is 0.433 e. The Bertz CT molecular complexity index is 1440. The Kier molecular flexibility index (Phi) is 4.81. The van der Waals surface area contributed by atoms with Crippen LogP contribution in [0.3, 0.4) is 0 Å². The molecule has 0 atom stereocenters. The van der Waals surface area contributed by atoms with Crippen molar-refractivity contribution in [2.24, 2.45) is 0 Å². The van der Waals surface area contributed by atoms with Gasteiger partial charge in [0.25, 0.3) is 5.89 Å². The minimum Gasteiger partial charge on any atom is -0.497 e. The van der Waals surface area contributed by atoms with Crippen molar-refractivity contribution in [3.63, 3.8) is 0 Å². The first-order valence-corrected chi connectivity index (χ1v) is 9.54. The first-order valence-electron chi connectivity index (χ1n) is 9.54. The van der Waals surface area contributed by atoms with Gasteiger partial charge >= 0.3 is 6.18 Å². The molecule has 0 unspecified atom stereocenters. The number of rotatable bonds is 4. The summed E-state index contributed by atoms with van der Waals surface area (Å²) in [6, 6.07) is 12.8. The lowest BCUT2D eigenvalue weighted by molar-refractivity contribution is -0.142. The summed E-state index contributed by atoms with van der Waals surface area (Å²) in [6.45, 7) is 0. The second kappa shape index (κ2) is 7.69. The normalized spacial score (nSPS) is 11.8. The third-order valence-corrected chi connectivity index (χ3v) is 4.91. The van der Waals surface area contributed by atoms with Gasteiger partial charge in [0.05, 0.1) is 19.0 Å². The number of alkyl halides is 3. The van der Waals surface area contributed by atoms with Gasteiger partial charge in [0, 0.05) is 11.1 Å². The predicted octanol–water partition coefficient (Wildman–Crippen LogP) is 5.28. The molecule has 11 heteroatoms. The number of fused-ring (bicyclic) bond motifs is 1. The Hall–Kier alpha value is -4.28. The van der Waals surface area contributed by atoms with Crippen LogP contribution in [0.25, 0.3) is 39.7 Å². The number of methoxy groups -OCH3 is 1. The van der Waals surface area contributed by atoms with Crippen LogP contribution in [0.4, 0.5) is 17.6 Å². The summed E-state index contributed by atoms with van der Waals surface area (Å²) in [5.74, 6) is 0.198. The van der Waals surface area contributed by atoms with Crippen molar-refractivity contribution in [1.82, 2.24) is 24.7 Å². The number of halogens is 4. The Morgan fingerprint density at radius 2 is 1.64 bits per heavy atom. The molecular weight excluding hydrogens is 442 g/mol. The fraction of sp³-hybridized carbons (Fsp3) is 0.0909. The van der Waals surface area contributed by atoms with E-state index in [4.69, 9.17) is 9.26 Å². The van der Waals surface area contributed by atoms with Gasteiger partial charge in [-0.05, 0) is 54.6 Å². The van der Waals surface area contributed by atoms with E-state index in [-0.39, 0.29) is 28.6 Å². The number of ether oxygens (including phenoxy) is 1. The summed E-state index contributed by atoms with van der Waals surface area (Å²) >= 11 is 0. The molecule has 5 rings (SSSR count). The molecule has 0 N–H and O–H groups in total. The van der Waals surface area contributed by atoms with Crippen molar-refractivity contribution in [3.05, 3.63) is 72.3 Å². The number of hydrogen-bond acceptors (Lipinski definition) is 6. The molecule has 7 nitrogen and oxygen atoms in total. The van der Waals surface area contributed by atoms with Crippen LogP contribution in [0, 0.1) is 5.82 Å². The maximum absolute atomic E-state index is 13.8. The first kappa shape index (κ1) is 20.6. The fourth-order valence-electron chi connectivity index (χ4n) is 3.27. The molecule has 0 aliphatic rings. The Morgan fingerprint density at radius 1 is 0.939 bits per heavy atom. The molecule has 2 aromatic carbocycles. The van der Waals surface area contributed by atoms with Gasteiger partial charge in [-0.3, -0.25) is 0 Å². The Balaban J connectivity index is 1.65. The number of hydrogen-bond donors (Lipinski definition) is 0. The number of aromatic nitrogens is 5. The van der Waals surface area contributed by atoms with Gasteiger partial charge in [0.2, 0.25) is 5.82 Å². The van der Waals surface area contributed by atoms with E-state index in [1.807, 2.05) is 0 Å². The van der Waals surface area contributed by atoms with Crippen molar-refractivity contribution >= 4 is 5.65 Å². The fourth-order valence-corrected chi connectivity index (χ4v) is 3.27. The van der Waals surface area contributed by atoms with Crippen molar-refractivity contribution in [1.29, 1.82) is 0 Å². The van der Waals surface area contributed by atoms with Gasteiger partial charge in [0.1, 0.15) is 17.1 Å². The van der Waals surface area contributed by atoms with Crippen LogP contribution in [-0.2, 0) is 6.18 Å². The third-order valence-electron chi connectivity index (χ3n) is 4.91. The predicted molar refractivity (Wildman–Crippen MR) is 109 cm³/mol. The smallest absolute Gasteiger partial charge is 0.433 e. The monoisotopic (exact) mass is 455 g/mol. The van der Waals surface area contributed by atoms with E-state index >= 15 is 0 Å². The van der Waals surface area contributed by atoms with Crippen LogP contribution in [0.5, 0.6) is 5.75 Å². The second-order valence-electron chi connectivity index (χ2n) is 6.98. The lowest BCUT2D eigenvalue weighted by atomic mass is 10.1. The van der Waals surface area contributed by atoms with Crippen molar-refractivity contribution < 1.29 is 26.8 Å². The maximum atomic E-state index is 13.8. The minimum absolute atomic E-state index is 0.0724. The van der Waals surface area contributed by atoms with E-state index in [2.05, 4.69) is 20.2 Å². The van der Waals surface area contributed by atoms with Crippen LogP contribution < -0.4 is 4.74 Å². The number of nitrogens with zero attached hydrogens (tertiary/aromatic N) is 5. The molecule has 5 aromatic rings. The van der Waals surface area contributed by atoms with Crippen LogP contribution >= 0.6 is 0 Å². The molecule has 3 aromatic heterocycles. The third kappa shape index (κ3) is 3.77. The van der Waals surface area contributed by atoms with Gasteiger partial charge in [-0.15, -0.1) is 0 Å².